The summed E-state index contributed by atoms with van der Waals surface area (Å²) >= 11 is 0. The third kappa shape index (κ3) is 3.88. The zero-order chi connectivity index (χ0) is 20.4. The molecule has 2 aromatic rings. The number of rotatable bonds is 7. The van der Waals surface area contributed by atoms with Gasteiger partial charge in [-0.1, -0.05) is 26.0 Å². The predicted molar refractivity (Wildman–Crippen MR) is 105 cm³/mol. The molecule has 0 spiro atoms. The van der Waals surface area contributed by atoms with Gasteiger partial charge in [0.25, 0.3) is 0 Å². The minimum Gasteiger partial charge on any atom is -0.457 e. The van der Waals surface area contributed by atoms with E-state index >= 15 is 0 Å². The van der Waals surface area contributed by atoms with Gasteiger partial charge in [0.05, 0.1) is 6.10 Å². The highest BCUT2D eigenvalue weighted by Gasteiger charge is 2.62. The van der Waals surface area contributed by atoms with E-state index < -0.39 is 11.0 Å². The fourth-order valence-corrected chi connectivity index (χ4v) is 3.47. The third-order valence-corrected chi connectivity index (χ3v) is 5.66. The fraction of sp³-hybridized carbons (Fsp3) is 0.409. The minimum atomic E-state index is -0.932. The Balaban J connectivity index is 1.55. The summed E-state index contributed by atoms with van der Waals surface area (Å²) in [6.45, 7) is 6.87. The van der Waals surface area contributed by atoms with Crippen LogP contribution in [0.4, 0.5) is 4.39 Å². The van der Waals surface area contributed by atoms with Crippen molar-refractivity contribution in [3.05, 3.63) is 59.9 Å². The predicted octanol–water partition coefficient (Wildman–Crippen LogP) is 3.77. The van der Waals surface area contributed by atoms with Gasteiger partial charge in [0.1, 0.15) is 22.9 Å². The summed E-state index contributed by atoms with van der Waals surface area (Å²) in [4.78, 5) is 12.7. The monoisotopic (exact) mass is 386 g/mol. The zero-order valence-corrected chi connectivity index (χ0v) is 16.5. The highest BCUT2D eigenvalue weighted by atomic mass is 19.1. The van der Waals surface area contributed by atoms with Crippen molar-refractivity contribution >= 4 is 5.91 Å². The summed E-state index contributed by atoms with van der Waals surface area (Å²) in [5, 5.41) is 2.93. The first-order chi connectivity index (χ1) is 13.3. The molecular formula is C22H27FN2O3. The van der Waals surface area contributed by atoms with E-state index in [1.807, 2.05) is 45.0 Å². The van der Waals surface area contributed by atoms with E-state index in [9.17, 15) is 9.18 Å². The van der Waals surface area contributed by atoms with E-state index in [-0.39, 0.29) is 17.8 Å². The van der Waals surface area contributed by atoms with Crippen molar-refractivity contribution in [3.8, 4) is 11.5 Å². The molecular weight excluding hydrogens is 359 g/mol. The highest BCUT2D eigenvalue weighted by molar-refractivity contribution is 5.88. The molecule has 1 fully saturated rings. The largest absolute Gasteiger partial charge is 0.457 e. The SMILES string of the molecule is CCOC1CC(N)(C(=O)NCc2ccc(Oc3ccc(F)cc3)cc2)C1(C)C. The number of amides is 1. The van der Waals surface area contributed by atoms with Crippen LogP contribution < -0.4 is 15.8 Å². The van der Waals surface area contributed by atoms with E-state index in [0.717, 1.165) is 5.56 Å². The molecule has 2 unspecified atom stereocenters. The number of carbonyl (C=O) groups excluding carboxylic acids is 1. The van der Waals surface area contributed by atoms with Crippen LogP contribution in [0.15, 0.2) is 48.5 Å². The molecule has 0 aliphatic heterocycles. The minimum absolute atomic E-state index is 0.00357. The van der Waals surface area contributed by atoms with Crippen LogP contribution in [0.1, 0.15) is 32.8 Å². The maximum atomic E-state index is 12.9. The van der Waals surface area contributed by atoms with Crippen LogP contribution in [-0.2, 0) is 16.1 Å². The maximum Gasteiger partial charge on any atom is 0.241 e. The van der Waals surface area contributed by atoms with Crippen LogP contribution >= 0.6 is 0 Å². The quantitative estimate of drug-likeness (QED) is 0.760. The molecule has 5 nitrogen and oxygen atoms in total. The van der Waals surface area contributed by atoms with E-state index in [1.165, 1.54) is 12.1 Å². The summed E-state index contributed by atoms with van der Waals surface area (Å²) in [5.74, 6) is 0.721. The number of nitrogens with one attached hydrogen (secondary N) is 1. The lowest BCUT2D eigenvalue weighted by Crippen LogP contribution is -2.75. The van der Waals surface area contributed by atoms with Gasteiger partial charge in [0.15, 0.2) is 0 Å². The normalized spacial score (nSPS) is 23.0. The standard InChI is InChI=1S/C22H27FN2O3/c1-4-27-19-13-22(24,21(19,2)3)20(26)25-14-15-5-9-17(10-6-15)28-18-11-7-16(23)8-12-18/h5-12,19H,4,13-14,24H2,1-3H3,(H,25,26). The summed E-state index contributed by atoms with van der Waals surface area (Å²) in [6.07, 6.45) is 0.514. The van der Waals surface area contributed by atoms with Crippen molar-refractivity contribution in [1.29, 1.82) is 0 Å². The zero-order valence-electron chi connectivity index (χ0n) is 16.5. The topological polar surface area (TPSA) is 73.6 Å². The molecule has 0 bridgehead atoms. The molecule has 6 heteroatoms. The number of halogens is 1. The first-order valence-corrected chi connectivity index (χ1v) is 9.47. The van der Waals surface area contributed by atoms with Crippen molar-refractivity contribution in [2.24, 2.45) is 11.1 Å². The summed E-state index contributed by atoms with van der Waals surface area (Å²) in [5.41, 5.74) is 5.97. The third-order valence-electron chi connectivity index (χ3n) is 5.66. The average Bonchev–Trinajstić information content (AvgIpc) is 2.68. The molecule has 3 N–H and O–H groups in total. The lowest BCUT2D eigenvalue weighted by atomic mass is 9.54. The molecule has 0 radical (unpaired) electrons. The molecule has 2 aromatic carbocycles. The van der Waals surface area contributed by atoms with Gasteiger partial charge >= 0.3 is 0 Å². The molecule has 2 atom stereocenters. The molecule has 0 aromatic heterocycles. The van der Waals surface area contributed by atoms with Gasteiger partial charge in [0.2, 0.25) is 5.91 Å². The molecule has 3 rings (SSSR count). The highest BCUT2D eigenvalue weighted by Crippen LogP contribution is 2.49. The number of ether oxygens (including phenoxy) is 2. The van der Waals surface area contributed by atoms with Gasteiger partial charge in [-0.05, 0) is 48.9 Å². The van der Waals surface area contributed by atoms with Crippen molar-refractivity contribution in [2.75, 3.05) is 6.61 Å². The van der Waals surface area contributed by atoms with E-state index in [1.54, 1.807) is 12.1 Å². The summed E-state index contributed by atoms with van der Waals surface area (Å²) in [6, 6.07) is 13.2. The van der Waals surface area contributed by atoms with Crippen LogP contribution in [0.5, 0.6) is 11.5 Å². The van der Waals surface area contributed by atoms with Gasteiger partial charge < -0.3 is 20.5 Å². The van der Waals surface area contributed by atoms with Crippen molar-refractivity contribution in [2.45, 2.75) is 45.4 Å². The molecule has 150 valence electrons. The van der Waals surface area contributed by atoms with E-state index in [2.05, 4.69) is 5.32 Å². The van der Waals surface area contributed by atoms with Crippen LogP contribution in [0, 0.1) is 11.2 Å². The Kier molecular flexibility index (Phi) is 5.72. The van der Waals surface area contributed by atoms with Crippen LogP contribution in [0.2, 0.25) is 0 Å². The number of nitrogens with two attached hydrogens (primary N) is 1. The lowest BCUT2D eigenvalue weighted by Gasteiger charge is -2.57. The first-order valence-electron chi connectivity index (χ1n) is 9.47. The van der Waals surface area contributed by atoms with Crippen LogP contribution in [0.3, 0.4) is 0 Å². The average molecular weight is 386 g/mol. The second-order valence-electron chi connectivity index (χ2n) is 7.72. The van der Waals surface area contributed by atoms with E-state index in [0.29, 0.717) is 31.1 Å². The van der Waals surface area contributed by atoms with Crippen LogP contribution in [-0.4, -0.2) is 24.2 Å². The Morgan fingerprint density at radius 1 is 1.14 bits per heavy atom. The van der Waals surface area contributed by atoms with Crippen molar-refractivity contribution in [1.82, 2.24) is 5.32 Å². The summed E-state index contributed by atoms with van der Waals surface area (Å²) < 4.78 is 24.3. The van der Waals surface area contributed by atoms with Crippen molar-refractivity contribution in [3.63, 3.8) is 0 Å². The van der Waals surface area contributed by atoms with Crippen molar-refractivity contribution < 1.29 is 18.7 Å². The Morgan fingerprint density at radius 3 is 2.25 bits per heavy atom. The van der Waals surface area contributed by atoms with Gasteiger partial charge in [-0.15, -0.1) is 0 Å². The van der Waals surface area contributed by atoms with Gasteiger partial charge in [-0.3, -0.25) is 4.79 Å². The molecule has 0 heterocycles. The first kappa shape index (κ1) is 20.3. The second kappa shape index (κ2) is 7.89. The number of hydrogen-bond donors (Lipinski definition) is 2. The molecule has 28 heavy (non-hydrogen) atoms. The smallest absolute Gasteiger partial charge is 0.241 e. The van der Waals surface area contributed by atoms with E-state index in [4.69, 9.17) is 15.2 Å². The van der Waals surface area contributed by atoms with Gasteiger partial charge in [0, 0.05) is 25.0 Å². The second-order valence-corrected chi connectivity index (χ2v) is 7.72. The fourth-order valence-electron chi connectivity index (χ4n) is 3.47. The number of carbonyl (C=O) groups is 1. The summed E-state index contributed by atoms with van der Waals surface area (Å²) in [7, 11) is 0. The molecule has 1 aliphatic rings. The Morgan fingerprint density at radius 2 is 1.71 bits per heavy atom. The maximum absolute atomic E-state index is 12.9. The number of benzene rings is 2. The molecule has 0 saturated heterocycles. The Labute approximate surface area is 165 Å². The van der Waals surface area contributed by atoms with Crippen LogP contribution in [0.25, 0.3) is 0 Å². The molecule has 1 amide bonds. The number of hydrogen-bond acceptors (Lipinski definition) is 4. The molecule has 1 saturated carbocycles. The lowest BCUT2D eigenvalue weighted by molar-refractivity contribution is -0.170. The Hall–Kier alpha value is -2.44. The molecule has 1 aliphatic carbocycles. The Bertz CT molecular complexity index is 821. The van der Waals surface area contributed by atoms with Gasteiger partial charge in [-0.25, -0.2) is 4.39 Å². The van der Waals surface area contributed by atoms with Gasteiger partial charge in [-0.2, -0.15) is 0 Å².